The number of nitrogens with zero attached hydrogens (tertiary/aromatic N) is 1. The average molecular weight is 321 g/mol. The van der Waals surface area contributed by atoms with Gasteiger partial charge in [-0.2, -0.15) is 0 Å². The normalized spacial score (nSPS) is 12.2. The average Bonchev–Trinajstić information content (AvgIpc) is 2.41. The lowest BCUT2D eigenvalue weighted by molar-refractivity contribution is 0.725. The summed E-state index contributed by atoms with van der Waals surface area (Å²) in [4.78, 5) is 11.5. The van der Waals surface area contributed by atoms with E-state index in [-0.39, 0.29) is 11.6 Å². The van der Waals surface area contributed by atoms with Gasteiger partial charge in [0.05, 0.1) is 5.69 Å². The molecule has 1 aromatic heterocycles. The minimum atomic E-state index is 0.0293. The van der Waals surface area contributed by atoms with Crippen LogP contribution in [0.3, 0.4) is 0 Å². The molecule has 1 heterocycles. The molecule has 2 aromatic rings. The largest absolute Gasteiger partial charge is 0.377 e. The van der Waals surface area contributed by atoms with Crippen LogP contribution in [0.1, 0.15) is 25.5 Å². The number of benzene rings is 1. The third-order valence-corrected chi connectivity index (χ3v) is 3.80. The predicted octanol–water partition coefficient (Wildman–Crippen LogP) is 3.80. The van der Waals surface area contributed by atoms with Crippen molar-refractivity contribution in [1.82, 2.24) is 4.57 Å². The lowest BCUT2D eigenvalue weighted by atomic mass is 10.1. The molecule has 4 heteroatoms. The molecule has 0 spiro atoms. The zero-order chi connectivity index (χ0) is 13.8. The molecule has 1 unspecified atom stereocenters. The summed E-state index contributed by atoms with van der Waals surface area (Å²) in [7, 11) is 0. The van der Waals surface area contributed by atoms with Crippen LogP contribution in [0.4, 0.5) is 5.69 Å². The first-order valence-electron chi connectivity index (χ1n) is 6.33. The molecule has 0 bridgehead atoms. The first-order chi connectivity index (χ1) is 9.11. The van der Waals surface area contributed by atoms with E-state index in [1.807, 2.05) is 37.4 Å². The van der Waals surface area contributed by atoms with E-state index in [0.717, 1.165) is 10.2 Å². The molecule has 100 valence electrons. The lowest BCUT2D eigenvalue weighted by Crippen LogP contribution is -2.18. The fourth-order valence-corrected chi connectivity index (χ4v) is 2.65. The standard InChI is InChI=1S/C15H17BrN2O/c1-3-18-10-12(8-9-15(18)19)17-11(2)13-6-4-5-7-14(13)16/h4-11,17H,3H2,1-2H3. The summed E-state index contributed by atoms with van der Waals surface area (Å²) in [5.74, 6) is 0. The highest BCUT2D eigenvalue weighted by molar-refractivity contribution is 9.10. The molecule has 3 nitrogen and oxygen atoms in total. The highest BCUT2D eigenvalue weighted by Crippen LogP contribution is 2.25. The molecule has 1 atom stereocenters. The van der Waals surface area contributed by atoms with Gasteiger partial charge in [0, 0.05) is 29.3 Å². The summed E-state index contributed by atoms with van der Waals surface area (Å²) >= 11 is 3.55. The molecule has 1 aromatic carbocycles. The Morgan fingerprint density at radius 3 is 2.68 bits per heavy atom. The zero-order valence-corrected chi connectivity index (χ0v) is 12.6. The maximum Gasteiger partial charge on any atom is 0.250 e. The first-order valence-corrected chi connectivity index (χ1v) is 7.12. The van der Waals surface area contributed by atoms with E-state index < -0.39 is 0 Å². The number of nitrogens with one attached hydrogen (secondary N) is 1. The molecule has 1 N–H and O–H groups in total. The summed E-state index contributed by atoms with van der Waals surface area (Å²) in [5, 5.41) is 3.41. The molecular weight excluding hydrogens is 304 g/mol. The van der Waals surface area contributed by atoms with E-state index in [1.54, 1.807) is 10.6 Å². The van der Waals surface area contributed by atoms with E-state index >= 15 is 0 Å². The zero-order valence-electron chi connectivity index (χ0n) is 11.1. The molecule has 2 rings (SSSR count). The number of aromatic nitrogens is 1. The van der Waals surface area contributed by atoms with Crippen molar-refractivity contribution >= 4 is 21.6 Å². The van der Waals surface area contributed by atoms with Gasteiger partial charge in [0.25, 0.3) is 5.56 Å². The van der Waals surface area contributed by atoms with E-state index in [1.165, 1.54) is 5.56 Å². The van der Waals surface area contributed by atoms with Crippen molar-refractivity contribution in [2.24, 2.45) is 0 Å². The molecule has 0 radical (unpaired) electrons. The Morgan fingerprint density at radius 1 is 1.26 bits per heavy atom. The lowest BCUT2D eigenvalue weighted by Gasteiger charge is -2.17. The van der Waals surface area contributed by atoms with Crippen molar-refractivity contribution in [3.63, 3.8) is 0 Å². The predicted molar refractivity (Wildman–Crippen MR) is 82.6 cm³/mol. The van der Waals surface area contributed by atoms with Crippen molar-refractivity contribution in [1.29, 1.82) is 0 Å². The van der Waals surface area contributed by atoms with Crippen LogP contribution < -0.4 is 10.9 Å². The minimum absolute atomic E-state index is 0.0293. The van der Waals surface area contributed by atoms with Gasteiger partial charge in [-0.1, -0.05) is 34.1 Å². The van der Waals surface area contributed by atoms with Crippen LogP contribution in [0, 0.1) is 0 Å². The molecule has 19 heavy (non-hydrogen) atoms. The first kappa shape index (κ1) is 13.9. The topological polar surface area (TPSA) is 34.0 Å². The van der Waals surface area contributed by atoms with Crippen LogP contribution in [0.15, 0.2) is 51.9 Å². The van der Waals surface area contributed by atoms with Gasteiger partial charge in [-0.05, 0) is 31.5 Å². The number of anilines is 1. The van der Waals surface area contributed by atoms with E-state index in [9.17, 15) is 4.79 Å². The fraction of sp³-hybridized carbons (Fsp3) is 0.267. The van der Waals surface area contributed by atoms with Gasteiger partial charge >= 0.3 is 0 Å². The van der Waals surface area contributed by atoms with Gasteiger partial charge < -0.3 is 9.88 Å². The number of hydrogen-bond donors (Lipinski definition) is 1. The monoisotopic (exact) mass is 320 g/mol. The Balaban J connectivity index is 2.22. The molecule has 0 aliphatic rings. The number of pyridine rings is 1. The number of aryl methyl sites for hydroxylation is 1. The minimum Gasteiger partial charge on any atom is -0.377 e. The van der Waals surface area contributed by atoms with Crippen LogP contribution in [0.25, 0.3) is 0 Å². The molecule has 0 saturated heterocycles. The van der Waals surface area contributed by atoms with Crippen molar-refractivity contribution < 1.29 is 0 Å². The van der Waals surface area contributed by atoms with Gasteiger partial charge in [-0.3, -0.25) is 4.79 Å². The van der Waals surface area contributed by atoms with Gasteiger partial charge in [0.1, 0.15) is 0 Å². The maximum atomic E-state index is 11.5. The SMILES string of the molecule is CCn1cc(NC(C)c2ccccc2Br)ccc1=O. The highest BCUT2D eigenvalue weighted by Gasteiger charge is 2.08. The Kier molecular flexibility index (Phi) is 4.43. The smallest absolute Gasteiger partial charge is 0.250 e. The van der Waals surface area contributed by atoms with Crippen LogP contribution in [0.2, 0.25) is 0 Å². The van der Waals surface area contributed by atoms with Crippen LogP contribution in [-0.2, 0) is 6.54 Å². The molecule has 0 saturated carbocycles. The molecule has 0 aliphatic heterocycles. The molecule has 0 amide bonds. The van der Waals surface area contributed by atoms with Crippen molar-refractivity contribution in [2.45, 2.75) is 26.4 Å². The van der Waals surface area contributed by atoms with Gasteiger partial charge in [0.2, 0.25) is 0 Å². The third-order valence-electron chi connectivity index (χ3n) is 3.08. The Hall–Kier alpha value is -1.55. The second-order valence-corrected chi connectivity index (χ2v) is 5.28. The second-order valence-electron chi connectivity index (χ2n) is 4.43. The Morgan fingerprint density at radius 2 is 2.00 bits per heavy atom. The Labute approximate surface area is 121 Å². The highest BCUT2D eigenvalue weighted by atomic mass is 79.9. The summed E-state index contributed by atoms with van der Waals surface area (Å²) in [6.07, 6.45) is 1.86. The van der Waals surface area contributed by atoms with E-state index in [2.05, 4.69) is 34.2 Å². The number of rotatable bonds is 4. The van der Waals surface area contributed by atoms with Gasteiger partial charge in [0.15, 0.2) is 0 Å². The summed E-state index contributed by atoms with van der Waals surface area (Å²) < 4.78 is 2.77. The van der Waals surface area contributed by atoms with Gasteiger partial charge in [-0.15, -0.1) is 0 Å². The molecule has 0 fully saturated rings. The van der Waals surface area contributed by atoms with Crippen molar-refractivity contribution in [3.05, 3.63) is 63.0 Å². The Bertz CT molecular complexity index is 622. The third kappa shape index (κ3) is 3.26. The molecule has 0 aliphatic carbocycles. The van der Waals surface area contributed by atoms with Crippen molar-refractivity contribution in [3.8, 4) is 0 Å². The van der Waals surface area contributed by atoms with E-state index in [0.29, 0.717) is 6.54 Å². The summed E-state index contributed by atoms with van der Waals surface area (Å²) in [5.41, 5.74) is 2.17. The number of hydrogen-bond acceptors (Lipinski definition) is 2. The van der Waals surface area contributed by atoms with E-state index in [4.69, 9.17) is 0 Å². The van der Waals surface area contributed by atoms with Crippen LogP contribution in [0.5, 0.6) is 0 Å². The van der Waals surface area contributed by atoms with Crippen LogP contribution >= 0.6 is 15.9 Å². The number of halogens is 1. The second kappa shape index (κ2) is 6.06. The van der Waals surface area contributed by atoms with Crippen LogP contribution in [-0.4, -0.2) is 4.57 Å². The van der Waals surface area contributed by atoms with Crippen molar-refractivity contribution in [2.75, 3.05) is 5.32 Å². The van der Waals surface area contributed by atoms with Gasteiger partial charge in [-0.25, -0.2) is 0 Å². The fourth-order valence-electron chi connectivity index (χ4n) is 2.02. The molecular formula is C15H17BrN2O. The summed E-state index contributed by atoms with van der Waals surface area (Å²) in [6, 6.07) is 11.7. The maximum absolute atomic E-state index is 11.5. The summed E-state index contributed by atoms with van der Waals surface area (Å²) in [6.45, 7) is 4.74. The quantitative estimate of drug-likeness (QED) is 0.929.